The average molecular weight is 217 g/mol. The number of fused-ring (bicyclic) bond motifs is 1. The van der Waals surface area contributed by atoms with Crippen molar-refractivity contribution in [2.24, 2.45) is 5.92 Å². The number of alkyl halides is 1. The van der Waals surface area contributed by atoms with Crippen LogP contribution in [-0.2, 0) is 0 Å². The summed E-state index contributed by atoms with van der Waals surface area (Å²) in [7, 11) is 0. The second kappa shape index (κ2) is 4.82. The summed E-state index contributed by atoms with van der Waals surface area (Å²) in [6, 6.07) is 0.853. The van der Waals surface area contributed by atoms with Gasteiger partial charge in [0, 0.05) is 38.1 Å². The van der Waals surface area contributed by atoms with E-state index in [4.69, 9.17) is 11.6 Å². The first-order chi connectivity index (χ1) is 6.79. The maximum Gasteiger partial charge on any atom is 0.0261 e. The van der Waals surface area contributed by atoms with Gasteiger partial charge in [-0.15, -0.1) is 11.6 Å². The monoisotopic (exact) mass is 216 g/mol. The van der Waals surface area contributed by atoms with E-state index >= 15 is 0 Å². The van der Waals surface area contributed by atoms with Crippen molar-refractivity contribution in [3.05, 3.63) is 0 Å². The fraction of sp³-hybridized carbons (Fsp3) is 1.00. The van der Waals surface area contributed by atoms with Crippen molar-refractivity contribution in [1.29, 1.82) is 0 Å². The highest BCUT2D eigenvalue weighted by Crippen LogP contribution is 2.21. The summed E-state index contributed by atoms with van der Waals surface area (Å²) in [5, 5.41) is 0. The van der Waals surface area contributed by atoms with Crippen LogP contribution in [0.4, 0.5) is 0 Å². The van der Waals surface area contributed by atoms with Crippen molar-refractivity contribution in [2.75, 3.05) is 38.6 Å². The zero-order valence-electron chi connectivity index (χ0n) is 9.08. The molecular weight excluding hydrogens is 196 g/mol. The van der Waals surface area contributed by atoms with Gasteiger partial charge in [0.2, 0.25) is 0 Å². The molecule has 0 bridgehead atoms. The molecule has 0 aliphatic carbocycles. The van der Waals surface area contributed by atoms with E-state index in [1.54, 1.807) is 0 Å². The fourth-order valence-corrected chi connectivity index (χ4v) is 2.81. The molecule has 14 heavy (non-hydrogen) atoms. The summed E-state index contributed by atoms with van der Waals surface area (Å²) >= 11 is 5.85. The first-order valence-corrected chi connectivity index (χ1v) is 6.35. The lowest BCUT2D eigenvalue weighted by molar-refractivity contribution is 0.0961. The first-order valence-electron chi connectivity index (χ1n) is 5.82. The summed E-state index contributed by atoms with van der Waals surface area (Å²) in [6.07, 6.45) is 2.81. The Hall–Kier alpha value is 0.210. The Balaban J connectivity index is 1.79. The third-order valence-electron chi connectivity index (χ3n) is 3.50. The van der Waals surface area contributed by atoms with E-state index in [9.17, 15) is 0 Å². The van der Waals surface area contributed by atoms with E-state index < -0.39 is 0 Å². The van der Waals surface area contributed by atoms with E-state index in [2.05, 4.69) is 16.7 Å². The number of piperazine rings is 1. The van der Waals surface area contributed by atoms with Gasteiger partial charge in [-0.2, -0.15) is 0 Å². The molecule has 0 N–H and O–H groups in total. The van der Waals surface area contributed by atoms with Crippen molar-refractivity contribution >= 4 is 11.6 Å². The Bertz CT molecular complexity index is 186. The van der Waals surface area contributed by atoms with Crippen LogP contribution in [0.3, 0.4) is 0 Å². The molecule has 2 rings (SSSR count). The lowest BCUT2D eigenvalue weighted by Gasteiger charge is -2.38. The molecule has 0 spiro atoms. The Morgan fingerprint density at radius 1 is 1.36 bits per heavy atom. The molecule has 2 aliphatic rings. The predicted molar refractivity (Wildman–Crippen MR) is 60.9 cm³/mol. The molecular formula is C11H21ClN2. The topological polar surface area (TPSA) is 6.48 Å². The fourth-order valence-electron chi connectivity index (χ4n) is 2.71. The summed E-state index contributed by atoms with van der Waals surface area (Å²) in [6.45, 7) is 8.57. The van der Waals surface area contributed by atoms with Gasteiger partial charge in [0.05, 0.1) is 0 Å². The normalized spacial score (nSPS) is 31.7. The van der Waals surface area contributed by atoms with Gasteiger partial charge in [-0.3, -0.25) is 4.90 Å². The number of rotatable bonds is 3. The highest BCUT2D eigenvalue weighted by molar-refractivity contribution is 6.18. The molecule has 2 unspecified atom stereocenters. The SMILES string of the molecule is CC(CCl)CN1CCN2CCCC2C1. The largest absolute Gasteiger partial charge is 0.300 e. The highest BCUT2D eigenvalue weighted by atomic mass is 35.5. The van der Waals surface area contributed by atoms with Crippen molar-refractivity contribution in [3.63, 3.8) is 0 Å². The molecule has 82 valence electrons. The smallest absolute Gasteiger partial charge is 0.0261 e. The molecule has 2 fully saturated rings. The van der Waals surface area contributed by atoms with Gasteiger partial charge in [-0.05, 0) is 25.3 Å². The minimum atomic E-state index is 0.643. The molecule has 0 aromatic rings. The minimum Gasteiger partial charge on any atom is -0.300 e. The van der Waals surface area contributed by atoms with Crippen LogP contribution in [0.25, 0.3) is 0 Å². The molecule has 2 saturated heterocycles. The Labute approximate surface area is 92.2 Å². The van der Waals surface area contributed by atoms with Gasteiger partial charge in [0.25, 0.3) is 0 Å². The minimum absolute atomic E-state index is 0.643. The van der Waals surface area contributed by atoms with Gasteiger partial charge >= 0.3 is 0 Å². The summed E-state index contributed by atoms with van der Waals surface area (Å²) in [5.41, 5.74) is 0. The second-order valence-corrected chi connectivity index (χ2v) is 5.16. The number of halogens is 1. The van der Waals surface area contributed by atoms with Crippen molar-refractivity contribution in [3.8, 4) is 0 Å². The van der Waals surface area contributed by atoms with Gasteiger partial charge in [-0.1, -0.05) is 6.92 Å². The molecule has 2 atom stereocenters. The molecule has 3 heteroatoms. The van der Waals surface area contributed by atoms with E-state index in [0.29, 0.717) is 5.92 Å². The zero-order chi connectivity index (χ0) is 9.97. The standard InChI is InChI=1S/C11H21ClN2/c1-10(7-12)8-13-5-6-14-4-2-3-11(14)9-13/h10-11H,2-9H2,1H3. The van der Waals surface area contributed by atoms with Gasteiger partial charge in [0.1, 0.15) is 0 Å². The Morgan fingerprint density at radius 3 is 3.00 bits per heavy atom. The van der Waals surface area contributed by atoms with Crippen molar-refractivity contribution in [2.45, 2.75) is 25.8 Å². The molecule has 2 heterocycles. The van der Waals surface area contributed by atoms with Gasteiger partial charge in [0.15, 0.2) is 0 Å². The van der Waals surface area contributed by atoms with Gasteiger partial charge < -0.3 is 4.90 Å². The molecule has 0 saturated carbocycles. The predicted octanol–water partition coefficient (Wildman–Crippen LogP) is 1.64. The average Bonchev–Trinajstić information content (AvgIpc) is 2.64. The molecule has 0 aromatic carbocycles. The highest BCUT2D eigenvalue weighted by Gasteiger charge is 2.30. The summed E-state index contributed by atoms with van der Waals surface area (Å²) in [5.74, 6) is 1.44. The number of hydrogen-bond donors (Lipinski definition) is 0. The zero-order valence-corrected chi connectivity index (χ0v) is 9.84. The van der Waals surface area contributed by atoms with Crippen LogP contribution in [-0.4, -0.2) is 54.4 Å². The van der Waals surface area contributed by atoms with Crippen LogP contribution >= 0.6 is 11.6 Å². The van der Waals surface area contributed by atoms with Gasteiger partial charge in [-0.25, -0.2) is 0 Å². The molecule has 2 nitrogen and oxygen atoms in total. The van der Waals surface area contributed by atoms with E-state index in [1.807, 2.05) is 0 Å². The van der Waals surface area contributed by atoms with Crippen LogP contribution < -0.4 is 0 Å². The van der Waals surface area contributed by atoms with Crippen LogP contribution in [0, 0.1) is 5.92 Å². The first kappa shape index (κ1) is 10.7. The lowest BCUT2D eigenvalue weighted by atomic mass is 10.1. The van der Waals surface area contributed by atoms with Crippen LogP contribution in [0.5, 0.6) is 0 Å². The van der Waals surface area contributed by atoms with Crippen LogP contribution in [0.15, 0.2) is 0 Å². The Kier molecular flexibility index (Phi) is 3.69. The van der Waals surface area contributed by atoms with Crippen molar-refractivity contribution < 1.29 is 0 Å². The third-order valence-corrected chi connectivity index (χ3v) is 4.03. The third kappa shape index (κ3) is 2.41. The van der Waals surface area contributed by atoms with E-state index in [-0.39, 0.29) is 0 Å². The van der Waals surface area contributed by atoms with Crippen LogP contribution in [0.1, 0.15) is 19.8 Å². The second-order valence-electron chi connectivity index (χ2n) is 4.85. The van der Waals surface area contributed by atoms with E-state index in [0.717, 1.165) is 11.9 Å². The van der Waals surface area contributed by atoms with Crippen LogP contribution in [0.2, 0.25) is 0 Å². The maximum atomic E-state index is 5.85. The number of nitrogens with zero attached hydrogens (tertiary/aromatic N) is 2. The van der Waals surface area contributed by atoms with E-state index in [1.165, 1.54) is 45.6 Å². The number of hydrogen-bond acceptors (Lipinski definition) is 2. The lowest BCUT2D eigenvalue weighted by Crippen LogP contribution is -2.51. The maximum absolute atomic E-state index is 5.85. The summed E-state index contributed by atoms with van der Waals surface area (Å²) < 4.78 is 0. The molecule has 2 aliphatic heterocycles. The molecule has 0 amide bonds. The van der Waals surface area contributed by atoms with Crippen molar-refractivity contribution in [1.82, 2.24) is 9.80 Å². The quantitative estimate of drug-likeness (QED) is 0.662. The Morgan fingerprint density at radius 2 is 2.21 bits per heavy atom. The molecule has 0 radical (unpaired) electrons. The molecule has 0 aromatic heterocycles. The summed E-state index contributed by atoms with van der Waals surface area (Å²) in [4.78, 5) is 5.25.